The van der Waals surface area contributed by atoms with Gasteiger partial charge in [0.25, 0.3) is 5.91 Å². The van der Waals surface area contributed by atoms with E-state index in [4.69, 9.17) is 47.0 Å². The quantitative estimate of drug-likeness (QED) is 0.721. The van der Waals surface area contributed by atoms with Gasteiger partial charge in [-0.05, 0) is 55.0 Å². The van der Waals surface area contributed by atoms with Crippen LogP contribution < -0.4 is 10.6 Å². The number of carbonyl (C=O) groups is 1. The lowest BCUT2D eigenvalue weighted by molar-refractivity contribution is 0.0977. The largest absolute Gasteiger partial charge is 0.331 e. The molecular weight excluding hydrogens is 363 g/mol. The van der Waals surface area contributed by atoms with Crippen LogP contribution in [-0.2, 0) is 0 Å². The molecule has 7 heteroatoms. The molecule has 0 aliphatic rings. The van der Waals surface area contributed by atoms with E-state index in [0.29, 0.717) is 26.3 Å². The second-order valence-corrected chi connectivity index (χ2v) is 6.16. The average molecular weight is 374 g/mol. The smallest absolute Gasteiger partial charge is 0.257 e. The Morgan fingerprint density at radius 3 is 2.45 bits per heavy atom. The van der Waals surface area contributed by atoms with Crippen molar-refractivity contribution in [1.82, 2.24) is 5.32 Å². The molecule has 0 fully saturated rings. The Kier molecular flexibility index (Phi) is 5.64. The van der Waals surface area contributed by atoms with E-state index in [0.717, 1.165) is 5.56 Å². The fourth-order valence-electron chi connectivity index (χ4n) is 1.66. The first-order valence-corrected chi connectivity index (χ1v) is 7.74. The summed E-state index contributed by atoms with van der Waals surface area (Å²) in [5.74, 6) is -0.363. The summed E-state index contributed by atoms with van der Waals surface area (Å²) in [6, 6.07) is 9.93. The minimum atomic E-state index is -0.363. The van der Waals surface area contributed by atoms with Gasteiger partial charge in [0, 0.05) is 15.6 Å². The van der Waals surface area contributed by atoms with Crippen molar-refractivity contribution in [3.8, 4) is 0 Å². The lowest BCUT2D eigenvalue weighted by Gasteiger charge is -2.11. The zero-order valence-electron chi connectivity index (χ0n) is 11.4. The van der Waals surface area contributed by atoms with Crippen LogP contribution in [0, 0.1) is 6.92 Å². The Morgan fingerprint density at radius 2 is 1.77 bits per heavy atom. The van der Waals surface area contributed by atoms with E-state index in [1.54, 1.807) is 36.4 Å². The van der Waals surface area contributed by atoms with E-state index >= 15 is 0 Å². The third-order valence-corrected chi connectivity index (χ3v) is 4.01. The Hall–Kier alpha value is -1.33. The van der Waals surface area contributed by atoms with Gasteiger partial charge in [-0.2, -0.15) is 0 Å². The molecule has 0 unspecified atom stereocenters. The number of amides is 1. The van der Waals surface area contributed by atoms with Gasteiger partial charge in [0.2, 0.25) is 0 Å². The van der Waals surface area contributed by atoms with Gasteiger partial charge in [-0.25, -0.2) is 0 Å². The van der Waals surface area contributed by atoms with Gasteiger partial charge < -0.3 is 5.32 Å². The fourth-order valence-corrected chi connectivity index (χ4v) is 2.38. The normalized spacial score (nSPS) is 10.2. The first-order valence-electron chi connectivity index (χ1n) is 6.20. The van der Waals surface area contributed by atoms with Crippen molar-refractivity contribution in [2.24, 2.45) is 0 Å². The highest BCUT2D eigenvalue weighted by Gasteiger charge is 2.10. The predicted molar refractivity (Wildman–Crippen MR) is 96.3 cm³/mol. The van der Waals surface area contributed by atoms with Crippen molar-refractivity contribution < 1.29 is 4.79 Å². The molecular formula is C15H11Cl3N2OS. The molecule has 0 saturated carbocycles. The molecule has 0 heterocycles. The van der Waals surface area contributed by atoms with Crippen molar-refractivity contribution in [2.45, 2.75) is 6.92 Å². The minimum Gasteiger partial charge on any atom is -0.331 e. The Bertz CT molecular complexity index is 750. The molecule has 0 aliphatic heterocycles. The monoisotopic (exact) mass is 372 g/mol. The van der Waals surface area contributed by atoms with E-state index in [1.165, 1.54) is 0 Å². The molecule has 3 nitrogen and oxygen atoms in total. The van der Waals surface area contributed by atoms with Crippen molar-refractivity contribution >= 4 is 63.7 Å². The van der Waals surface area contributed by atoms with Crippen molar-refractivity contribution in [3.63, 3.8) is 0 Å². The van der Waals surface area contributed by atoms with E-state index in [-0.39, 0.29) is 11.0 Å². The van der Waals surface area contributed by atoms with Crippen LogP contribution in [0.2, 0.25) is 15.1 Å². The molecule has 0 spiro atoms. The number of hydrogen-bond acceptors (Lipinski definition) is 2. The Morgan fingerprint density at radius 1 is 1.05 bits per heavy atom. The maximum Gasteiger partial charge on any atom is 0.257 e. The molecule has 2 aromatic rings. The summed E-state index contributed by atoms with van der Waals surface area (Å²) in [6.07, 6.45) is 0. The van der Waals surface area contributed by atoms with E-state index in [2.05, 4.69) is 10.6 Å². The summed E-state index contributed by atoms with van der Waals surface area (Å²) in [5.41, 5.74) is 1.82. The maximum atomic E-state index is 12.1. The third-order valence-electron chi connectivity index (χ3n) is 2.84. The standard InChI is InChI=1S/C15H11Cl3N2OS/c1-8-2-3-9(6-12(8)18)14(21)20-15(22)19-13-7-10(16)4-5-11(13)17/h2-7H,1H3,(H2,19,20,21,22). The highest BCUT2D eigenvalue weighted by atomic mass is 35.5. The number of nitrogens with one attached hydrogen (secondary N) is 2. The number of benzene rings is 2. The summed E-state index contributed by atoms with van der Waals surface area (Å²) in [5, 5.41) is 6.97. The van der Waals surface area contributed by atoms with Gasteiger partial charge in [-0.1, -0.05) is 40.9 Å². The number of halogens is 3. The molecule has 114 valence electrons. The highest BCUT2D eigenvalue weighted by molar-refractivity contribution is 7.80. The summed E-state index contributed by atoms with van der Waals surface area (Å²) in [7, 11) is 0. The van der Waals surface area contributed by atoms with Gasteiger partial charge in [0.15, 0.2) is 5.11 Å². The molecule has 1 amide bonds. The second kappa shape index (κ2) is 7.29. The summed E-state index contributed by atoms with van der Waals surface area (Å²) >= 11 is 23.0. The topological polar surface area (TPSA) is 41.1 Å². The van der Waals surface area contributed by atoms with Crippen LogP contribution in [0.1, 0.15) is 15.9 Å². The second-order valence-electron chi connectivity index (χ2n) is 4.50. The van der Waals surface area contributed by atoms with Gasteiger partial charge in [0.1, 0.15) is 0 Å². The number of rotatable bonds is 2. The zero-order valence-corrected chi connectivity index (χ0v) is 14.5. The van der Waals surface area contributed by atoms with E-state index in [1.807, 2.05) is 6.92 Å². The van der Waals surface area contributed by atoms with Crippen LogP contribution in [0.5, 0.6) is 0 Å². The number of hydrogen-bond donors (Lipinski definition) is 2. The van der Waals surface area contributed by atoms with Crippen molar-refractivity contribution in [3.05, 3.63) is 62.6 Å². The van der Waals surface area contributed by atoms with Crippen molar-refractivity contribution in [2.75, 3.05) is 5.32 Å². The fraction of sp³-hybridized carbons (Fsp3) is 0.0667. The molecule has 2 rings (SSSR count). The SMILES string of the molecule is Cc1ccc(C(=O)NC(=S)Nc2cc(Cl)ccc2Cl)cc1Cl. The molecule has 22 heavy (non-hydrogen) atoms. The summed E-state index contributed by atoms with van der Waals surface area (Å²) in [4.78, 5) is 12.1. The first kappa shape index (κ1) is 17.0. The van der Waals surface area contributed by atoms with Crippen LogP contribution >= 0.6 is 47.0 Å². The van der Waals surface area contributed by atoms with Gasteiger partial charge in [-0.3, -0.25) is 10.1 Å². The van der Waals surface area contributed by atoms with Crippen LogP contribution in [0.25, 0.3) is 0 Å². The number of carbonyl (C=O) groups excluding carboxylic acids is 1. The number of anilines is 1. The number of aryl methyl sites for hydroxylation is 1. The summed E-state index contributed by atoms with van der Waals surface area (Å²) in [6.45, 7) is 1.86. The van der Waals surface area contributed by atoms with E-state index < -0.39 is 0 Å². The van der Waals surface area contributed by atoms with Crippen LogP contribution in [0.3, 0.4) is 0 Å². The van der Waals surface area contributed by atoms with Crippen LogP contribution in [0.15, 0.2) is 36.4 Å². The molecule has 0 radical (unpaired) electrons. The average Bonchev–Trinajstić information content (AvgIpc) is 2.45. The zero-order chi connectivity index (χ0) is 16.3. The Balaban J connectivity index is 2.06. The maximum absolute atomic E-state index is 12.1. The highest BCUT2D eigenvalue weighted by Crippen LogP contribution is 2.25. The third kappa shape index (κ3) is 4.34. The molecule has 0 saturated heterocycles. The summed E-state index contributed by atoms with van der Waals surface area (Å²) < 4.78 is 0. The molecule has 2 aromatic carbocycles. The van der Waals surface area contributed by atoms with E-state index in [9.17, 15) is 4.79 Å². The minimum absolute atomic E-state index is 0.117. The van der Waals surface area contributed by atoms with Gasteiger partial charge in [-0.15, -0.1) is 0 Å². The molecule has 0 aromatic heterocycles. The Labute approximate surface area is 148 Å². The predicted octanol–water partition coefficient (Wildman–Crippen LogP) is 5.08. The lowest BCUT2D eigenvalue weighted by atomic mass is 10.1. The van der Waals surface area contributed by atoms with Gasteiger partial charge in [0.05, 0.1) is 10.7 Å². The first-order chi connectivity index (χ1) is 10.4. The van der Waals surface area contributed by atoms with Crippen LogP contribution in [0.4, 0.5) is 5.69 Å². The van der Waals surface area contributed by atoms with Gasteiger partial charge >= 0.3 is 0 Å². The molecule has 0 aliphatic carbocycles. The lowest BCUT2D eigenvalue weighted by Crippen LogP contribution is -2.34. The molecule has 2 N–H and O–H groups in total. The molecule has 0 atom stereocenters. The van der Waals surface area contributed by atoms with Crippen LogP contribution in [-0.4, -0.2) is 11.0 Å². The number of thiocarbonyl (C=S) groups is 1. The van der Waals surface area contributed by atoms with Crippen molar-refractivity contribution in [1.29, 1.82) is 0 Å². The molecule has 0 bridgehead atoms.